The molecule has 0 saturated carbocycles. The second kappa shape index (κ2) is 6.69. The van der Waals surface area contributed by atoms with Gasteiger partial charge in [-0.25, -0.2) is 4.79 Å². The number of hydrogen-bond donors (Lipinski definition) is 2. The van der Waals surface area contributed by atoms with Crippen molar-refractivity contribution in [2.75, 3.05) is 11.9 Å². The first-order valence-corrected chi connectivity index (χ1v) is 6.70. The van der Waals surface area contributed by atoms with Gasteiger partial charge in [-0.1, -0.05) is 25.1 Å². The van der Waals surface area contributed by atoms with Crippen molar-refractivity contribution in [3.8, 4) is 11.5 Å². The first-order chi connectivity index (χ1) is 10.1. The van der Waals surface area contributed by atoms with Crippen molar-refractivity contribution in [3.63, 3.8) is 0 Å². The molecule has 0 aliphatic heterocycles. The van der Waals surface area contributed by atoms with Gasteiger partial charge in [-0.05, 0) is 24.3 Å². The number of carbonyl (C=O) groups is 1. The first kappa shape index (κ1) is 14.8. The maximum Gasteiger partial charge on any atom is 0.319 e. The van der Waals surface area contributed by atoms with Gasteiger partial charge < -0.3 is 15.2 Å². The molecule has 21 heavy (non-hydrogen) atoms. The van der Waals surface area contributed by atoms with Crippen molar-refractivity contribution in [1.82, 2.24) is 15.5 Å². The zero-order valence-electron chi connectivity index (χ0n) is 12.1. The third-order valence-electron chi connectivity index (χ3n) is 2.75. The fourth-order valence-electron chi connectivity index (χ4n) is 1.62. The maximum atomic E-state index is 11.5. The van der Waals surface area contributed by atoms with Gasteiger partial charge in [0.15, 0.2) is 5.82 Å². The minimum atomic E-state index is -0.275. The Labute approximate surface area is 123 Å². The Kier molecular flexibility index (Phi) is 4.71. The highest BCUT2D eigenvalue weighted by Gasteiger charge is 2.11. The van der Waals surface area contributed by atoms with Gasteiger partial charge in [0, 0.05) is 23.7 Å². The molecule has 2 aromatic rings. The van der Waals surface area contributed by atoms with Crippen LogP contribution in [-0.2, 0) is 0 Å². The molecule has 6 nitrogen and oxygen atoms in total. The number of nitrogens with one attached hydrogen (secondary N) is 2. The van der Waals surface area contributed by atoms with Crippen LogP contribution >= 0.6 is 0 Å². The van der Waals surface area contributed by atoms with Crippen LogP contribution in [0.4, 0.5) is 10.5 Å². The van der Waals surface area contributed by atoms with E-state index in [2.05, 4.69) is 27.4 Å². The fraction of sp³-hybridized carbons (Fsp3) is 0.267. The van der Waals surface area contributed by atoms with Gasteiger partial charge in [0.25, 0.3) is 5.89 Å². The van der Waals surface area contributed by atoms with Crippen LogP contribution in [0.1, 0.15) is 25.6 Å². The predicted molar refractivity (Wildman–Crippen MR) is 81.0 cm³/mol. The molecule has 0 spiro atoms. The normalized spacial score (nSPS) is 10.4. The number of benzene rings is 1. The Morgan fingerprint density at radius 1 is 1.38 bits per heavy atom. The van der Waals surface area contributed by atoms with Gasteiger partial charge in [0.05, 0.1) is 0 Å². The Bertz CT molecular complexity index is 617. The van der Waals surface area contributed by atoms with E-state index >= 15 is 0 Å². The van der Waals surface area contributed by atoms with E-state index in [1.54, 1.807) is 18.2 Å². The van der Waals surface area contributed by atoms with Crippen LogP contribution in [0.15, 0.2) is 41.4 Å². The second-order valence-electron chi connectivity index (χ2n) is 4.81. The number of anilines is 1. The van der Waals surface area contributed by atoms with Gasteiger partial charge >= 0.3 is 6.03 Å². The van der Waals surface area contributed by atoms with E-state index in [1.165, 1.54) is 0 Å². The minimum absolute atomic E-state index is 0.219. The molecule has 0 aliphatic carbocycles. The highest BCUT2D eigenvalue weighted by molar-refractivity contribution is 5.89. The Balaban J connectivity index is 2.04. The van der Waals surface area contributed by atoms with E-state index in [1.807, 2.05) is 26.0 Å². The minimum Gasteiger partial charge on any atom is -0.334 e. The number of nitrogens with zero attached hydrogens (tertiary/aromatic N) is 2. The predicted octanol–water partition coefficient (Wildman–Crippen LogP) is 3.17. The number of aromatic nitrogens is 2. The average molecular weight is 286 g/mol. The zero-order chi connectivity index (χ0) is 15.2. The van der Waals surface area contributed by atoms with Gasteiger partial charge in [-0.3, -0.25) is 0 Å². The van der Waals surface area contributed by atoms with Crippen molar-refractivity contribution in [3.05, 3.63) is 42.7 Å². The van der Waals surface area contributed by atoms with E-state index in [0.29, 0.717) is 23.9 Å². The van der Waals surface area contributed by atoms with E-state index in [4.69, 9.17) is 4.52 Å². The topological polar surface area (TPSA) is 80.0 Å². The smallest absolute Gasteiger partial charge is 0.319 e. The molecule has 0 radical (unpaired) electrons. The Hall–Kier alpha value is -2.63. The number of rotatable bonds is 5. The number of carbonyl (C=O) groups excluding carboxylic acids is 1. The highest BCUT2D eigenvalue weighted by atomic mass is 16.5. The lowest BCUT2D eigenvalue weighted by molar-refractivity contribution is 0.253. The van der Waals surface area contributed by atoms with Crippen LogP contribution in [-0.4, -0.2) is 22.7 Å². The lowest BCUT2D eigenvalue weighted by Crippen LogP contribution is -2.28. The van der Waals surface area contributed by atoms with Crippen LogP contribution in [0.25, 0.3) is 11.5 Å². The molecule has 2 amide bonds. The summed E-state index contributed by atoms with van der Waals surface area (Å²) in [6, 6.07) is 6.92. The summed E-state index contributed by atoms with van der Waals surface area (Å²) in [6.45, 7) is 7.96. The monoisotopic (exact) mass is 286 g/mol. The average Bonchev–Trinajstić information content (AvgIpc) is 2.96. The van der Waals surface area contributed by atoms with Crippen LogP contribution in [0.2, 0.25) is 0 Å². The van der Waals surface area contributed by atoms with E-state index in [9.17, 15) is 4.79 Å². The summed E-state index contributed by atoms with van der Waals surface area (Å²) in [5.41, 5.74) is 1.50. The van der Waals surface area contributed by atoms with Crippen LogP contribution in [0.3, 0.4) is 0 Å². The molecule has 0 fully saturated rings. The summed E-state index contributed by atoms with van der Waals surface area (Å²) in [6.07, 6.45) is 1.62. The molecule has 2 N–H and O–H groups in total. The molecule has 1 heterocycles. The lowest BCUT2D eigenvalue weighted by atomic mass is 10.2. The largest absolute Gasteiger partial charge is 0.334 e. The van der Waals surface area contributed by atoms with E-state index in [-0.39, 0.29) is 11.9 Å². The molecule has 1 aromatic carbocycles. The lowest BCUT2D eigenvalue weighted by Gasteiger charge is -2.05. The first-order valence-electron chi connectivity index (χ1n) is 6.70. The van der Waals surface area contributed by atoms with Gasteiger partial charge in [0.1, 0.15) is 0 Å². The van der Waals surface area contributed by atoms with Gasteiger partial charge in [-0.2, -0.15) is 4.98 Å². The third-order valence-corrected chi connectivity index (χ3v) is 2.75. The molecular formula is C15H18N4O2. The summed E-state index contributed by atoms with van der Waals surface area (Å²) >= 11 is 0. The molecule has 0 atom stereocenters. The molecule has 2 rings (SSSR count). The standard InChI is InChI=1S/C15H18N4O2/c1-4-9-16-15(20)17-12-7-5-11(6-8-12)14-18-13(10(2)3)19-21-14/h4-8,10H,1,9H2,2-3H3,(H2,16,17,20). The quantitative estimate of drug-likeness (QED) is 0.827. The van der Waals surface area contributed by atoms with Gasteiger partial charge in [-0.15, -0.1) is 6.58 Å². The molecule has 0 saturated heterocycles. The van der Waals surface area contributed by atoms with E-state index < -0.39 is 0 Å². The summed E-state index contributed by atoms with van der Waals surface area (Å²) < 4.78 is 5.21. The summed E-state index contributed by atoms with van der Waals surface area (Å²) in [7, 11) is 0. The molecule has 0 unspecified atom stereocenters. The van der Waals surface area contributed by atoms with Crippen molar-refractivity contribution in [2.24, 2.45) is 0 Å². The molecule has 0 bridgehead atoms. The summed E-state index contributed by atoms with van der Waals surface area (Å²) in [5.74, 6) is 1.37. The molecule has 6 heteroatoms. The molecular weight excluding hydrogens is 268 g/mol. The number of hydrogen-bond acceptors (Lipinski definition) is 4. The van der Waals surface area contributed by atoms with Gasteiger partial charge in [0.2, 0.25) is 0 Å². The zero-order valence-corrected chi connectivity index (χ0v) is 12.1. The fourth-order valence-corrected chi connectivity index (χ4v) is 1.62. The van der Waals surface area contributed by atoms with Crippen molar-refractivity contribution in [2.45, 2.75) is 19.8 Å². The highest BCUT2D eigenvalue weighted by Crippen LogP contribution is 2.21. The van der Waals surface area contributed by atoms with Crippen molar-refractivity contribution < 1.29 is 9.32 Å². The number of amides is 2. The molecule has 110 valence electrons. The Morgan fingerprint density at radius 3 is 2.67 bits per heavy atom. The van der Waals surface area contributed by atoms with Crippen LogP contribution in [0.5, 0.6) is 0 Å². The molecule has 0 aliphatic rings. The van der Waals surface area contributed by atoms with Crippen LogP contribution in [0, 0.1) is 0 Å². The SMILES string of the molecule is C=CCNC(=O)Nc1ccc(-c2nc(C(C)C)no2)cc1. The van der Waals surface area contributed by atoms with Crippen molar-refractivity contribution >= 4 is 11.7 Å². The summed E-state index contributed by atoms with van der Waals surface area (Å²) in [5, 5.41) is 9.27. The van der Waals surface area contributed by atoms with E-state index in [0.717, 1.165) is 5.56 Å². The third kappa shape index (κ3) is 3.92. The van der Waals surface area contributed by atoms with Crippen LogP contribution < -0.4 is 10.6 Å². The Morgan fingerprint density at radius 2 is 2.10 bits per heavy atom. The molecule has 1 aromatic heterocycles. The maximum absolute atomic E-state index is 11.5. The van der Waals surface area contributed by atoms with Crippen molar-refractivity contribution in [1.29, 1.82) is 0 Å². The number of urea groups is 1. The second-order valence-corrected chi connectivity index (χ2v) is 4.81. The summed E-state index contributed by atoms with van der Waals surface area (Å²) in [4.78, 5) is 15.8.